The van der Waals surface area contributed by atoms with Crippen molar-refractivity contribution in [3.8, 4) is 5.75 Å². The molecule has 2 nitrogen and oxygen atoms in total. The van der Waals surface area contributed by atoms with E-state index in [4.69, 9.17) is 10.5 Å². The first kappa shape index (κ1) is 12.0. The van der Waals surface area contributed by atoms with Crippen LogP contribution in [-0.4, -0.2) is 0 Å². The largest absolute Gasteiger partial charge is 0.489 e. The minimum Gasteiger partial charge on any atom is -0.489 e. The Morgan fingerprint density at radius 3 is 2.65 bits per heavy atom. The first-order valence-corrected chi connectivity index (χ1v) is 6.19. The maximum atomic E-state index is 5.82. The summed E-state index contributed by atoms with van der Waals surface area (Å²) in [5.74, 6) is 0.904. The van der Waals surface area contributed by atoms with Crippen LogP contribution >= 0.6 is 15.9 Å². The zero-order valence-corrected chi connectivity index (χ0v) is 11.2. The third kappa shape index (κ3) is 2.80. The van der Waals surface area contributed by atoms with Crippen molar-refractivity contribution < 1.29 is 4.74 Å². The Bertz CT molecular complexity index is 525. The van der Waals surface area contributed by atoms with Gasteiger partial charge in [-0.1, -0.05) is 30.3 Å². The van der Waals surface area contributed by atoms with E-state index >= 15 is 0 Å². The molecule has 0 unspecified atom stereocenters. The first-order chi connectivity index (χ1) is 8.18. The summed E-state index contributed by atoms with van der Waals surface area (Å²) < 4.78 is 6.68. The molecule has 0 radical (unpaired) electrons. The van der Waals surface area contributed by atoms with Crippen molar-refractivity contribution in [1.29, 1.82) is 0 Å². The van der Waals surface area contributed by atoms with Crippen LogP contribution in [0, 0.1) is 6.92 Å². The molecular weight excluding hydrogens is 278 g/mol. The van der Waals surface area contributed by atoms with Gasteiger partial charge in [0.1, 0.15) is 12.4 Å². The van der Waals surface area contributed by atoms with Gasteiger partial charge in [-0.25, -0.2) is 0 Å². The van der Waals surface area contributed by atoms with E-state index < -0.39 is 0 Å². The summed E-state index contributed by atoms with van der Waals surface area (Å²) in [6.07, 6.45) is 0. The van der Waals surface area contributed by atoms with E-state index in [1.807, 2.05) is 49.4 Å². The van der Waals surface area contributed by atoms with Crippen LogP contribution in [0.5, 0.6) is 5.75 Å². The third-order valence-corrected chi connectivity index (χ3v) is 3.55. The van der Waals surface area contributed by atoms with Crippen molar-refractivity contribution in [2.24, 2.45) is 0 Å². The fourth-order valence-corrected chi connectivity index (χ4v) is 1.96. The maximum absolute atomic E-state index is 5.82. The normalized spacial score (nSPS) is 10.2. The lowest BCUT2D eigenvalue weighted by Crippen LogP contribution is -1.99. The number of para-hydroxylation sites is 1. The molecule has 0 saturated carbocycles. The Balaban J connectivity index is 2.13. The van der Waals surface area contributed by atoms with Gasteiger partial charge in [0.25, 0.3) is 0 Å². The van der Waals surface area contributed by atoms with Crippen molar-refractivity contribution in [2.75, 3.05) is 5.73 Å². The lowest BCUT2D eigenvalue weighted by atomic mass is 10.2. The van der Waals surface area contributed by atoms with E-state index in [0.29, 0.717) is 6.61 Å². The van der Waals surface area contributed by atoms with Gasteiger partial charge in [-0.2, -0.15) is 0 Å². The van der Waals surface area contributed by atoms with Crippen LogP contribution in [0.1, 0.15) is 11.1 Å². The molecule has 0 bridgehead atoms. The average molecular weight is 292 g/mol. The second-order valence-corrected chi connectivity index (χ2v) is 4.67. The van der Waals surface area contributed by atoms with Crippen LogP contribution in [0.2, 0.25) is 0 Å². The van der Waals surface area contributed by atoms with Crippen molar-refractivity contribution >= 4 is 21.6 Å². The predicted octanol–water partition coefficient (Wildman–Crippen LogP) is 3.92. The van der Waals surface area contributed by atoms with Crippen molar-refractivity contribution in [3.05, 3.63) is 58.1 Å². The number of rotatable bonds is 3. The number of anilines is 1. The highest BCUT2D eigenvalue weighted by molar-refractivity contribution is 9.10. The topological polar surface area (TPSA) is 35.2 Å². The van der Waals surface area contributed by atoms with E-state index in [0.717, 1.165) is 27.0 Å². The predicted molar refractivity (Wildman–Crippen MR) is 74.1 cm³/mol. The number of nitrogen functional groups attached to an aromatic ring is 1. The summed E-state index contributed by atoms with van der Waals surface area (Å²) in [5, 5.41) is 0. The molecule has 17 heavy (non-hydrogen) atoms. The standard InChI is InChI=1S/C14H14BrNO/c1-10-5-2-3-8-13(10)17-9-11-6-4-7-12(16)14(11)15/h2-8H,9,16H2,1H3. The molecule has 0 heterocycles. The molecule has 2 rings (SSSR count). The van der Waals surface area contributed by atoms with E-state index in [9.17, 15) is 0 Å². The first-order valence-electron chi connectivity index (χ1n) is 5.40. The molecule has 3 heteroatoms. The van der Waals surface area contributed by atoms with E-state index in [2.05, 4.69) is 15.9 Å². The zero-order valence-electron chi connectivity index (χ0n) is 9.61. The Kier molecular flexibility index (Phi) is 3.69. The van der Waals surface area contributed by atoms with Crippen LogP contribution in [0.25, 0.3) is 0 Å². The highest BCUT2D eigenvalue weighted by Crippen LogP contribution is 2.25. The molecule has 0 amide bonds. The SMILES string of the molecule is Cc1ccccc1OCc1cccc(N)c1Br. The maximum Gasteiger partial charge on any atom is 0.122 e. The van der Waals surface area contributed by atoms with Crippen molar-refractivity contribution in [2.45, 2.75) is 13.5 Å². The minimum atomic E-state index is 0.510. The summed E-state index contributed by atoms with van der Waals surface area (Å²) in [4.78, 5) is 0. The van der Waals surface area contributed by atoms with Gasteiger partial charge in [-0.05, 0) is 40.5 Å². The number of nitrogens with two attached hydrogens (primary N) is 1. The van der Waals surface area contributed by atoms with Gasteiger partial charge < -0.3 is 10.5 Å². The monoisotopic (exact) mass is 291 g/mol. The molecule has 2 aromatic carbocycles. The van der Waals surface area contributed by atoms with E-state index in [-0.39, 0.29) is 0 Å². The lowest BCUT2D eigenvalue weighted by Gasteiger charge is -2.11. The number of aryl methyl sites for hydroxylation is 1. The number of benzene rings is 2. The molecule has 88 valence electrons. The Morgan fingerprint density at radius 1 is 1.12 bits per heavy atom. The minimum absolute atomic E-state index is 0.510. The Labute approximate surface area is 110 Å². The second kappa shape index (κ2) is 5.23. The van der Waals surface area contributed by atoms with Crippen LogP contribution in [0.3, 0.4) is 0 Å². The molecule has 0 aromatic heterocycles. The quantitative estimate of drug-likeness (QED) is 0.870. The molecule has 0 aliphatic rings. The summed E-state index contributed by atoms with van der Waals surface area (Å²) >= 11 is 3.47. The lowest BCUT2D eigenvalue weighted by molar-refractivity contribution is 0.303. The van der Waals surface area contributed by atoms with Gasteiger partial charge >= 0.3 is 0 Å². The Hall–Kier alpha value is -1.48. The van der Waals surface area contributed by atoms with Crippen LogP contribution in [0.15, 0.2) is 46.9 Å². The fourth-order valence-electron chi connectivity index (χ4n) is 1.59. The van der Waals surface area contributed by atoms with Gasteiger partial charge in [-0.3, -0.25) is 0 Å². The van der Waals surface area contributed by atoms with Crippen LogP contribution in [0.4, 0.5) is 5.69 Å². The Morgan fingerprint density at radius 2 is 1.88 bits per heavy atom. The number of hydrogen-bond acceptors (Lipinski definition) is 2. The second-order valence-electron chi connectivity index (χ2n) is 3.87. The average Bonchev–Trinajstić information content (AvgIpc) is 2.33. The van der Waals surface area contributed by atoms with Crippen LogP contribution in [-0.2, 0) is 6.61 Å². The summed E-state index contributed by atoms with van der Waals surface area (Å²) in [6, 6.07) is 13.8. The molecule has 0 aliphatic heterocycles. The zero-order chi connectivity index (χ0) is 12.3. The van der Waals surface area contributed by atoms with Gasteiger partial charge in [0.2, 0.25) is 0 Å². The van der Waals surface area contributed by atoms with Gasteiger partial charge in [0, 0.05) is 15.7 Å². The van der Waals surface area contributed by atoms with Crippen LogP contribution < -0.4 is 10.5 Å². The molecule has 0 aliphatic carbocycles. The molecule has 2 N–H and O–H groups in total. The number of hydrogen-bond donors (Lipinski definition) is 1. The summed E-state index contributed by atoms with van der Waals surface area (Å²) in [6.45, 7) is 2.54. The summed E-state index contributed by atoms with van der Waals surface area (Å²) in [7, 11) is 0. The van der Waals surface area contributed by atoms with Crippen molar-refractivity contribution in [3.63, 3.8) is 0 Å². The van der Waals surface area contributed by atoms with E-state index in [1.165, 1.54) is 0 Å². The van der Waals surface area contributed by atoms with Gasteiger partial charge in [0.15, 0.2) is 0 Å². The molecule has 0 saturated heterocycles. The smallest absolute Gasteiger partial charge is 0.122 e. The van der Waals surface area contributed by atoms with Crippen molar-refractivity contribution in [1.82, 2.24) is 0 Å². The summed E-state index contributed by atoms with van der Waals surface area (Å²) in [5.41, 5.74) is 8.73. The molecule has 2 aromatic rings. The molecular formula is C14H14BrNO. The van der Waals surface area contributed by atoms with Gasteiger partial charge in [-0.15, -0.1) is 0 Å². The number of halogens is 1. The molecule has 0 spiro atoms. The van der Waals surface area contributed by atoms with E-state index in [1.54, 1.807) is 0 Å². The molecule has 0 atom stereocenters. The molecule has 0 fully saturated rings. The van der Waals surface area contributed by atoms with Gasteiger partial charge in [0.05, 0.1) is 0 Å². The third-order valence-electron chi connectivity index (χ3n) is 2.59. The fraction of sp³-hybridized carbons (Fsp3) is 0.143. The number of ether oxygens (including phenoxy) is 1. The highest BCUT2D eigenvalue weighted by atomic mass is 79.9. The highest BCUT2D eigenvalue weighted by Gasteiger charge is 2.04.